The first-order valence-corrected chi connectivity index (χ1v) is 4.76. The van der Waals surface area contributed by atoms with Gasteiger partial charge in [0.25, 0.3) is 0 Å². The van der Waals surface area contributed by atoms with Gasteiger partial charge in [-0.15, -0.1) is 0 Å². The number of ether oxygens (including phenoxy) is 1. The van der Waals surface area contributed by atoms with Gasteiger partial charge in [-0.1, -0.05) is 0 Å². The van der Waals surface area contributed by atoms with Crippen molar-refractivity contribution in [1.29, 1.82) is 0 Å². The van der Waals surface area contributed by atoms with E-state index in [1.54, 1.807) is 0 Å². The molecule has 1 aliphatic heterocycles. The minimum absolute atomic E-state index is 0.122. The lowest BCUT2D eigenvalue weighted by Gasteiger charge is -2.24. The molecule has 16 heavy (non-hydrogen) atoms. The Labute approximate surface area is 89.2 Å². The third-order valence-electron chi connectivity index (χ3n) is 2.40. The van der Waals surface area contributed by atoms with Crippen molar-refractivity contribution >= 4 is 0 Å². The van der Waals surface area contributed by atoms with Crippen LogP contribution in [0.15, 0.2) is 6.07 Å². The molecule has 0 radical (unpaired) electrons. The van der Waals surface area contributed by atoms with Crippen LogP contribution in [0.1, 0.15) is 11.7 Å². The first-order chi connectivity index (χ1) is 7.61. The lowest BCUT2D eigenvalue weighted by Crippen LogP contribution is -2.34. The molecule has 1 N–H and O–H groups in total. The van der Waals surface area contributed by atoms with Crippen LogP contribution in [-0.4, -0.2) is 19.7 Å². The number of benzene rings is 1. The molecule has 1 aliphatic rings. The van der Waals surface area contributed by atoms with Gasteiger partial charge in [0, 0.05) is 19.2 Å². The Balaban J connectivity index is 2.45. The van der Waals surface area contributed by atoms with Crippen molar-refractivity contribution in [3.63, 3.8) is 0 Å². The largest absolute Gasteiger partial charge is 0.371 e. The molecule has 1 unspecified atom stereocenters. The smallest absolute Gasteiger partial charge is 0.167 e. The molecule has 0 aliphatic carbocycles. The van der Waals surface area contributed by atoms with E-state index in [0.29, 0.717) is 6.54 Å². The van der Waals surface area contributed by atoms with Crippen LogP contribution in [0.2, 0.25) is 0 Å². The minimum atomic E-state index is -1.41. The summed E-state index contributed by atoms with van der Waals surface area (Å²) in [6, 6.07) is 0.185. The standard InChI is InChI=1S/C10H9F4NO/c11-5-3-6(12)10(14)8(9(5)13)7-4-15-1-2-16-7/h3,7,15H,1-2,4H2. The first-order valence-electron chi connectivity index (χ1n) is 4.76. The van der Waals surface area contributed by atoms with Gasteiger partial charge in [0.1, 0.15) is 6.10 Å². The Morgan fingerprint density at radius 1 is 1.12 bits per heavy atom. The van der Waals surface area contributed by atoms with Crippen molar-refractivity contribution in [2.45, 2.75) is 6.10 Å². The Morgan fingerprint density at radius 2 is 1.75 bits per heavy atom. The van der Waals surface area contributed by atoms with E-state index >= 15 is 0 Å². The highest BCUT2D eigenvalue weighted by molar-refractivity contribution is 5.25. The van der Waals surface area contributed by atoms with Gasteiger partial charge in [-0.05, 0) is 0 Å². The number of nitrogens with one attached hydrogen (secondary N) is 1. The highest BCUT2D eigenvalue weighted by Crippen LogP contribution is 2.28. The molecule has 2 nitrogen and oxygen atoms in total. The number of morpholine rings is 1. The Morgan fingerprint density at radius 3 is 2.25 bits per heavy atom. The van der Waals surface area contributed by atoms with Crippen LogP contribution < -0.4 is 5.32 Å². The van der Waals surface area contributed by atoms with E-state index in [2.05, 4.69) is 5.32 Å². The molecule has 0 saturated carbocycles. The van der Waals surface area contributed by atoms with Crippen LogP contribution in [-0.2, 0) is 4.74 Å². The second kappa shape index (κ2) is 4.39. The van der Waals surface area contributed by atoms with Gasteiger partial charge in [-0.2, -0.15) is 0 Å². The van der Waals surface area contributed by atoms with E-state index in [9.17, 15) is 17.6 Å². The molecule has 6 heteroatoms. The van der Waals surface area contributed by atoms with E-state index in [4.69, 9.17) is 4.74 Å². The molecule has 1 atom stereocenters. The second-order valence-corrected chi connectivity index (χ2v) is 3.45. The van der Waals surface area contributed by atoms with E-state index in [-0.39, 0.29) is 19.2 Å². The summed E-state index contributed by atoms with van der Waals surface area (Å²) in [5.41, 5.74) is -0.690. The van der Waals surface area contributed by atoms with E-state index in [0.717, 1.165) is 0 Å². The number of rotatable bonds is 1. The van der Waals surface area contributed by atoms with Crippen molar-refractivity contribution in [1.82, 2.24) is 5.32 Å². The fourth-order valence-corrected chi connectivity index (χ4v) is 1.63. The predicted molar refractivity (Wildman–Crippen MR) is 47.8 cm³/mol. The van der Waals surface area contributed by atoms with Crippen LogP contribution in [0.3, 0.4) is 0 Å². The zero-order valence-electron chi connectivity index (χ0n) is 8.20. The van der Waals surface area contributed by atoms with E-state index in [1.807, 2.05) is 0 Å². The quantitative estimate of drug-likeness (QED) is 0.593. The normalized spacial score (nSPS) is 21.1. The summed E-state index contributed by atoms with van der Waals surface area (Å²) in [7, 11) is 0. The van der Waals surface area contributed by atoms with Crippen LogP contribution in [0, 0.1) is 23.3 Å². The fourth-order valence-electron chi connectivity index (χ4n) is 1.63. The molecule has 1 heterocycles. The molecule has 0 bridgehead atoms. The highest BCUT2D eigenvalue weighted by atomic mass is 19.2. The second-order valence-electron chi connectivity index (χ2n) is 3.45. The molecule has 1 saturated heterocycles. The Bertz CT molecular complexity index is 378. The van der Waals surface area contributed by atoms with Gasteiger partial charge in [0.2, 0.25) is 0 Å². The van der Waals surface area contributed by atoms with Crippen LogP contribution in [0.4, 0.5) is 17.6 Å². The molecule has 0 aromatic heterocycles. The third kappa shape index (κ3) is 1.90. The van der Waals surface area contributed by atoms with Crippen molar-refractivity contribution < 1.29 is 22.3 Å². The zero-order chi connectivity index (χ0) is 11.7. The Hall–Kier alpha value is -1.14. The molecule has 1 fully saturated rings. The average Bonchev–Trinajstić information content (AvgIpc) is 2.28. The molecule has 0 spiro atoms. The topological polar surface area (TPSA) is 21.3 Å². The van der Waals surface area contributed by atoms with Gasteiger partial charge >= 0.3 is 0 Å². The van der Waals surface area contributed by atoms with Gasteiger partial charge in [-0.25, -0.2) is 17.6 Å². The summed E-state index contributed by atoms with van der Waals surface area (Å²) in [5.74, 6) is -5.62. The SMILES string of the molecule is Fc1cc(F)c(F)c(C2CNCCO2)c1F. The van der Waals surface area contributed by atoms with Crippen LogP contribution in [0.5, 0.6) is 0 Å². The fraction of sp³-hybridized carbons (Fsp3) is 0.400. The van der Waals surface area contributed by atoms with Gasteiger partial charge in [-0.3, -0.25) is 0 Å². The lowest BCUT2D eigenvalue weighted by molar-refractivity contribution is 0.0223. The molecular formula is C10H9F4NO. The maximum atomic E-state index is 13.3. The third-order valence-corrected chi connectivity index (χ3v) is 2.40. The zero-order valence-corrected chi connectivity index (χ0v) is 8.20. The van der Waals surface area contributed by atoms with Crippen LogP contribution >= 0.6 is 0 Å². The molecule has 1 aromatic carbocycles. The summed E-state index contributed by atoms with van der Waals surface area (Å²) in [6.07, 6.45) is -1.00. The van der Waals surface area contributed by atoms with Crippen molar-refractivity contribution in [3.8, 4) is 0 Å². The van der Waals surface area contributed by atoms with Gasteiger partial charge in [0.15, 0.2) is 23.3 Å². The predicted octanol–water partition coefficient (Wildman–Crippen LogP) is 1.90. The van der Waals surface area contributed by atoms with Gasteiger partial charge in [0.05, 0.1) is 12.2 Å². The average molecular weight is 235 g/mol. The Kier molecular flexibility index (Phi) is 3.11. The van der Waals surface area contributed by atoms with E-state index < -0.39 is 34.9 Å². The minimum Gasteiger partial charge on any atom is -0.371 e. The van der Waals surface area contributed by atoms with E-state index in [1.165, 1.54) is 0 Å². The maximum Gasteiger partial charge on any atom is 0.167 e. The summed E-state index contributed by atoms with van der Waals surface area (Å²) >= 11 is 0. The summed E-state index contributed by atoms with van der Waals surface area (Å²) < 4.78 is 57.6. The van der Waals surface area contributed by atoms with Crippen LogP contribution in [0.25, 0.3) is 0 Å². The summed E-state index contributed by atoms with van der Waals surface area (Å²) in [6.45, 7) is 0.899. The molecule has 88 valence electrons. The molecule has 1 aromatic rings. The summed E-state index contributed by atoms with van der Waals surface area (Å²) in [4.78, 5) is 0. The van der Waals surface area contributed by atoms with Crippen molar-refractivity contribution in [2.24, 2.45) is 0 Å². The monoisotopic (exact) mass is 235 g/mol. The maximum absolute atomic E-state index is 13.3. The van der Waals surface area contributed by atoms with Gasteiger partial charge < -0.3 is 10.1 Å². The molecular weight excluding hydrogens is 226 g/mol. The lowest BCUT2D eigenvalue weighted by atomic mass is 10.1. The molecule has 0 amide bonds. The van der Waals surface area contributed by atoms with Crippen molar-refractivity contribution in [2.75, 3.05) is 19.7 Å². The highest BCUT2D eigenvalue weighted by Gasteiger charge is 2.27. The number of hydrogen-bond acceptors (Lipinski definition) is 2. The first kappa shape index (κ1) is 11.3. The number of halogens is 4. The number of hydrogen-bond donors (Lipinski definition) is 1. The summed E-state index contributed by atoms with van der Waals surface area (Å²) in [5, 5.41) is 2.82. The van der Waals surface area contributed by atoms with Crippen molar-refractivity contribution in [3.05, 3.63) is 34.9 Å². The molecule has 2 rings (SSSR count).